The Hall–Kier alpha value is -0.660. The summed E-state index contributed by atoms with van der Waals surface area (Å²) in [4.78, 5) is 14.5. The lowest BCUT2D eigenvalue weighted by Gasteiger charge is -2.42. The van der Waals surface area contributed by atoms with Crippen LogP contribution in [-0.4, -0.2) is 61.0 Å². The summed E-state index contributed by atoms with van der Waals surface area (Å²) in [6.45, 7) is 4.10. The molecule has 1 saturated carbocycles. The van der Waals surface area contributed by atoms with Crippen LogP contribution in [0.15, 0.2) is 0 Å². The van der Waals surface area contributed by atoms with E-state index in [0.29, 0.717) is 38.5 Å². The fourth-order valence-corrected chi connectivity index (χ4v) is 7.15. The summed E-state index contributed by atoms with van der Waals surface area (Å²) < 4.78 is 28.2. The Morgan fingerprint density at radius 2 is 1.72 bits per heavy atom. The van der Waals surface area contributed by atoms with Crippen molar-refractivity contribution in [3.63, 3.8) is 0 Å². The van der Waals surface area contributed by atoms with Crippen LogP contribution in [0, 0.1) is 11.8 Å². The van der Waals surface area contributed by atoms with Crippen LogP contribution in [0.1, 0.15) is 58.3 Å². The number of hydrogen-bond donors (Lipinski definition) is 1. The summed E-state index contributed by atoms with van der Waals surface area (Å²) >= 11 is 0. The molecule has 1 amide bonds. The minimum Gasteiger partial charge on any atom is -0.341 e. The van der Waals surface area contributed by atoms with E-state index in [4.69, 9.17) is 5.73 Å². The summed E-state index contributed by atoms with van der Waals surface area (Å²) in [7, 11) is -3.41. The normalized spacial score (nSPS) is 32.9. The Labute approximate surface area is 152 Å². The van der Waals surface area contributed by atoms with Gasteiger partial charge < -0.3 is 10.6 Å². The monoisotopic (exact) mass is 371 g/mol. The summed E-state index contributed by atoms with van der Waals surface area (Å²) in [5, 5.41) is -0.467. The van der Waals surface area contributed by atoms with E-state index in [1.165, 1.54) is 0 Å². The molecule has 3 fully saturated rings. The van der Waals surface area contributed by atoms with Crippen molar-refractivity contribution >= 4 is 15.9 Å². The first-order chi connectivity index (χ1) is 11.9. The number of nitrogens with two attached hydrogens (primary N) is 1. The molecule has 2 N–H and O–H groups in total. The van der Waals surface area contributed by atoms with Crippen LogP contribution in [0.25, 0.3) is 0 Å². The number of amides is 1. The van der Waals surface area contributed by atoms with Crippen LogP contribution >= 0.6 is 0 Å². The molecule has 3 aliphatic rings. The van der Waals surface area contributed by atoms with E-state index < -0.39 is 15.3 Å². The van der Waals surface area contributed by atoms with Gasteiger partial charge in [0.1, 0.15) is 0 Å². The Kier molecular flexibility index (Phi) is 6.06. The Morgan fingerprint density at radius 3 is 2.40 bits per heavy atom. The molecule has 7 heteroatoms. The molecule has 3 unspecified atom stereocenters. The molecule has 3 rings (SSSR count). The lowest BCUT2D eigenvalue weighted by Crippen LogP contribution is -2.57. The maximum atomic E-state index is 13.3. The van der Waals surface area contributed by atoms with Crippen molar-refractivity contribution in [2.45, 2.75) is 69.6 Å². The van der Waals surface area contributed by atoms with E-state index in [1.54, 1.807) is 4.31 Å². The molecule has 0 radical (unpaired) electrons. The standard InChI is InChI=1S/C18H33N3O3S/c1-14-6-4-11-21(17(14)12-19)25(23,24)16-9-5-10-20(13-16)18(22)15-7-2-3-8-15/h14-17H,2-13,19H2,1H3. The fraction of sp³-hybridized carbons (Fsp3) is 0.944. The summed E-state index contributed by atoms with van der Waals surface area (Å²) in [6, 6.07) is -0.0975. The molecule has 0 bridgehead atoms. The number of carbonyl (C=O) groups is 1. The maximum Gasteiger partial charge on any atom is 0.225 e. The van der Waals surface area contributed by atoms with Gasteiger partial charge in [-0.2, -0.15) is 4.31 Å². The van der Waals surface area contributed by atoms with E-state index in [9.17, 15) is 13.2 Å². The second kappa shape index (κ2) is 7.92. The average molecular weight is 372 g/mol. The third kappa shape index (κ3) is 3.88. The van der Waals surface area contributed by atoms with Gasteiger partial charge in [0.2, 0.25) is 15.9 Å². The number of sulfonamides is 1. The second-order valence-corrected chi connectivity index (χ2v) is 10.3. The molecule has 3 atom stereocenters. The zero-order valence-electron chi connectivity index (χ0n) is 15.4. The first kappa shape index (κ1) is 19.1. The maximum absolute atomic E-state index is 13.3. The van der Waals surface area contributed by atoms with Gasteiger partial charge in [-0.3, -0.25) is 4.79 Å². The third-order valence-corrected chi connectivity index (χ3v) is 8.78. The highest BCUT2D eigenvalue weighted by Gasteiger charge is 2.42. The van der Waals surface area contributed by atoms with Crippen molar-refractivity contribution in [3.8, 4) is 0 Å². The zero-order valence-corrected chi connectivity index (χ0v) is 16.2. The van der Waals surface area contributed by atoms with Crippen molar-refractivity contribution in [2.75, 3.05) is 26.2 Å². The molecule has 6 nitrogen and oxygen atoms in total. The van der Waals surface area contributed by atoms with E-state index in [0.717, 1.165) is 44.9 Å². The van der Waals surface area contributed by atoms with Crippen LogP contribution in [0.5, 0.6) is 0 Å². The molecule has 144 valence electrons. The van der Waals surface area contributed by atoms with Crippen LogP contribution in [-0.2, 0) is 14.8 Å². The molecule has 1 aliphatic carbocycles. The molecule has 25 heavy (non-hydrogen) atoms. The van der Waals surface area contributed by atoms with Gasteiger partial charge >= 0.3 is 0 Å². The van der Waals surface area contributed by atoms with Crippen LogP contribution in [0.3, 0.4) is 0 Å². The quantitative estimate of drug-likeness (QED) is 0.813. The van der Waals surface area contributed by atoms with Gasteiger partial charge in [-0.25, -0.2) is 8.42 Å². The number of nitrogens with zero attached hydrogens (tertiary/aromatic N) is 2. The largest absolute Gasteiger partial charge is 0.341 e. The highest BCUT2D eigenvalue weighted by atomic mass is 32.2. The van der Waals surface area contributed by atoms with Gasteiger partial charge in [0.15, 0.2) is 0 Å². The lowest BCUT2D eigenvalue weighted by molar-refractivity contribution is -0.136. The van der Waals surface area contributed by atoms with Gasteiger partial charge in [0.25, 0.3) is 0 Å². The molecule has 0 aromatic heterocycles. The second-order valence-electron chi connectivity index (χ2n) is 8.11. The lowest BCUT2D eigenvalue weighted by atomic mass is 9.93. The van der Waals surface area contributed by atoms with Gasteiger partial charge in [-0.05, 0) is 44.4 Å². The summed E-state index contributed by atoms with van der Waals surface area (Å²) in [6.07, 6.45) is 7.53. The summed E-state index contributed by atoms with van der Waals surface area (Å²) in [5.74, 6) is 0.598. The molecule has 0 aromatic carbocycles. The number of likely N-dealkylation sites (tertiary alicyclic amines) is 1. The molecule has 0 spiro atoms. The van der Waals surface area contributed by atoms with Crippen molar-refractivity contribution in [3.05, 3.63) is 0 Å². The van der Waals surface area contributed by atoms with Gasteiger partial charge in [0, 0.05) is 38.1 Å². The zero-order chi connectivity index (χ0) is 18.0. The first-order valence-corrected chi connectivity index (χ1v) is 11.4. The molecule has 2 heterocycles. The number of carbonyl (C=O) groups excluding carboxylic acids is 1. The van der Waals surface area contributed by atoms with Gasteiger partial charge in [-0.1, -0.05) is 19.8 Å². The van der Waals surface area contributed by atoms with E-state index in [-0.39, 0.29) is 17.9 Å². The Morgan fingerprint density at radius 1 is 1.04 bits per heavy atom. The van der Waals surface area contributed by atoms with E-state index >= 15 is 0 Å². The number of piperidine rings is 2. The van der Waals surface area contributed by atoms with Crippen LogP contribution in [0.2, 0.25) is 0 Å². The van der Waals surface area contributed by atoms with Crippen molar-refractivity contribution in [1.29, 1.82) is 0 Å². The molecular formula is C18H33N3O3S. The predicted octanol–water partition coefficient (Wildman–Crippen LogP) is 1.56. The van der Waals surface area contributed by atoms with E-state index in [1.807, 2.05) is 4.90 Å². The third-order valence-electron chi connectivity index (χ3n) is 6.45. The average Bonchev–Trinajstić information content (AvgIpc) is 3.15. The highest BCUT2D eigenvalue weighted by molar-refractivity contribution is 7.89. The number of hydrogen-bond acceptors (Lipinski definition) is 4. The van der Waals surface area contributed by atoms with Gasteiger partial charge in [0.05, 0.1) is 5.25 Å². The first-order valence-electron chi connectivity index (χ1n) is 9.94. The minimum atomic E-state index is -3.41. The predicted molar refractivity (Wildman–Crippen MR) is 98.4 cm³/mol. The SMILES string of the molecule is CC1CCCN(S(=O)(=O)C2CCCN(C(=O)C3CCCC3)C2)C1CN. The van der Waals surface area contributed by atoms with Gasteiger partial charge in [-0.15, -0.1) is 0 Å². The topological polar surface area (TPSA) is 83.7 Å². The highest BCUT2D eigenvalue weighted by Crippen LogP contribution is 2.31. The number of rotatable bonds is 4. The van der Waals surface area contributed by atoms with Crippen LogP contribution < -0.4 is 5.73 Å². The van der Waals surface area contributed by atoms with Crippen molar-refractivity contribution in [1.82, 2.24) is 9.21 Å². The molecule has 2 saturated heterocycles. The van der Waals surface area contributed by atoms with Crippen LogP contribution in [0.4, 0.5) is 0 Å². The van der Waals surface area contributed by atoms with Crippen molar-refractivity contribution in [2.24, 2.45) is 17.6 Å². The molecule has 2 aliphatic heterocycles. The van der Waals surface area contributed by atoms with Crippen molar-refractivity contribution < 1.29 is 13.2 Å². The Balaban J connectivity index is 1.71. The Bertz CT molecular complexity index is 574. The minimum absolute atomic E-state index is 0.0975. The molecular weight excluding hydrogens is 338 g/mol. The fourth-order valence-electron chi connectivity index (χ4n) is 4.88. The van der Waals surface area contributed by atoms with E-state index in [2.05, 4.69) is 6.92 Å². The molecule has 0 aromatic rings. The smallest absolute Gasteiger partial charge is 0.225 e. The summed E-state index contributed by atoms with van der Waals surface area (Å²) in [5.41, 5.74) is 5.90.